The largest absolute Gasteiger partial charge is 0.506 e. The van der Waals surface area contributed by atoms with Crippen LogP contribution in [0.2, 0.25) is 10.0 Å². The third-order valence-corrected chi connectivity index (χ3v) is 8.46. The molecule has 232 valence electrons. The van der Waals surface area contributed by atoms with E-state index in [9.17, 15) is 20.0 Å². The van der Waals surface area contributed by atoms with Gasteiger partial charge < -0.3 is 14.9 Å². The van der Waals surface area contributed by atoms with Gasteiger partial charge in [0.15, 0.2) is 17.3 Å². The summed E-state index contributed by atoms with van der Waals surface area (Å²) < 4.78 is 32.7. The minimum Gasteiger partial charge on any atom is -0.506 e. The zero-order chi connectivity index (χ0) is 32.9. The molecular formula is C32H28Cl2F2N6O3. The van der Waals surface area contributed by atoms with Gasteiger partial charge in [0.05, 0.1) is 32.7 Å². The second kappa shape index (κ2) is 12.1. The number of aryl methyl sites for hydroxylation is 1. The molecule has 1 amide bonds. The molecule has 9 nitrogen and oxygen atoms in total. The molecule has 4 heterocycles. The zero-order valence-electron chi connectivity index (χ0n) is 24.8. The highest BCUT2D eigenvalue weighted by Crippen LogP contribution is 2.43. The molecule has 1 aliphatic rings. The number of rotatable bonds is 5. The van der Waals surface area contributed by atoms with Crippen molar-refractivity contribution >= 4 is 45.8 Å². The number of anilines is 1. The second-order valence-corrected chi connectivity index (χ2v) is 11.9. The fourth-order valence-electron chi connectivity index (χ4n) is 5.76. The van der Waals surface area contributed by atoms with E-state index < -0.39 is 45.3 Å². The van der Waals surface area contributed by atoms with Crippen molar-refractivity contribution in [1.29, 1.82) is 5.26 Å². The van der Waals surface area contributed by atoms with E-state index in [-0.39, 0.29) is 58.8 Å². The van der Waals surface area contributed by atoms with Crippen molar-refractivity contribution < 1.29 is 18.7 Å². The molecule has 1 fully saturated rings. The van der Waals surface area contributed by atoms with E-state index in [0.29, 0.717) is 16.9 Å². The molecular weight excluding hydrogens is 625 g/mol. The van der Waals surface area contributed by atoms with Gasteiger partial charge in [0.25, 0.3) is 5.56 Å². The zero-order valence-corrected chi connectivity index (χ0v) is 26.3. The molecule has 0 spiro atoms. The van der Waals surface area contributed by atoms with E-state index in [1.54, 1.807) is 29.0 Å². The molecule has 45 heavy (non-hydrogen) atoms. The molecule has 1 aromatic carbocycles. The number of nitriles is 1. The first-order chi connectivity index (χ1) is 21.3. The minimum absolute atomic E-state index is 0.0775. The summed E-state index contributed by atoms with van der Waals surface area (Å²) in [6, 6.07) is 5.33. The Kier molecular flexibility index (Phi) is 8.58. The van der Waals surface area contributed by atoms with Crippen LogP contribution in [0.15, 0.2) is 41.8 Å². The van der Waals surface area contributed by atoms with E-state index in [2.05, 4.69) is 16.5 Å². The molecule has 0 saturated carbocycles. The summed E-state index contributed by atoms with van der Waals surface area (Å²) in [6.07, 6.45) is 2.80. The van der Waals surface area contributed by atoms with E-state index in [4.69, 9.17) is 23.2 Å². The van der Waals surface area contributed by atoms with Crippen molar-refractivity contribution in [2.24, 2.45) is 0 Å². The third-order valence-electron chi connectivity index (χ3n) is 7.90. The van der Waals surface area contributed by atoms with Crippen LogP contribution >= 0.6 is 23.2 Å². The second-order valence-electron chi connectivity index (χ2n) is 11.1. The lowest BCUT2D eigenvalue weighted by Gasteiger charge is -2.41. The number of amides is 1. The lowest BCUT2D eigenvalue weighted by Crippen LogP contribution is -2.54. The Morgan fingerprint density at radius 2 is 1.93 bits per heavy atom. The molecule has 1 atom stereocenters. The molecule has 1 aliphatic heterocycles. The number of nitrogens with zero attached hydrogens (tertiary/aromatic N) is 6. The molecule has 0 bridgehead atoms. The molecule has 1 N–H and O–H groups in total. The van der Waals surface area contributed by atoms with Crippen LogP contribution in [0.3, 0.4) is 0 Å². The summed E-state index contributed by atoms with van der Waals surface area (Å²) in [5, 5.41) is 20.4. The van der Waals surface area contributed by atoms with Gasteiger partial charge in [-0.05, 0) is 49.6 Å². The average molecular weight is 654 g/mol. The van der Waals surface area contributed by atoms with Crippen molar-refractivity contribution in [1.82, 2.24) is 19.4 Å². The van der Waals surface area contributed by atoms with Gasteiger partial charge in [-0.2, -0.15) is 5.26 Å². The minimum atomic E-state index is -1.16. The van der Waals surface area contributed by atoms with Crippen LogP contribution in [0.5, 0.6) is 5.75 Å². The predicted octanol–water partition coefficient (Wildman–Crippen LogP) is 6.26. The quantitative estimate of drug-likeness (QED) is 0.200. The van der Waals surface area contributed by atoms with Gasteiger partial charge in [0, 0.05) is 37.3 Å². The Morgan fingerprint density at radius 3 is 2.56 bits per heavy atom. The maximum atomic E-state index is 16.2. The Hall–Kier alpha value is -4.53. The number of hydrogen-bond donors (Lipinski definition) is 1. The SMILES string of the molecule is C=CC(=O)N1CCN(c2c(C#N)c(=O)n(-c3c(C)ccnc3C(C)C)c3nc(-c4c(O)c(Cl)cc(Cl)c4F)c(F)cc23)C(C)C1. The molecule has 1 unspecified atom stereocenters. The van der Waals surface area contributed by atoms with Crippen molar-refractivity contribution in [3.8, 4) is 28.8 Å². The molecule has 5 rings (SSSR count). The normalized spacial score (nSPS) is 15.1. The maximum Gasteiger partial charge on any atom is 0.276 e. The molecule has 0 aliphatic carbocycles. The number of benzene rings is 1. The van der Waals surface area contributed by atoms with Crippen LogP contribution in [-0.4, -0.2) is 56.1 Å². The molecule has 0 radical (unpaired) electrons. The monoisotopic (exact) mass is 652 g/mol. The van der Waals surface area contributed by atoms with Gasteiger partial charge >= 0.3 is 0 Å². The maximum absolute atomic E-state index is 16.2. The standard InChI is InChI=1S/C32H28Cl2F2N6O3/c1-6-23(43)40-9-10-41(17(5)14-40)29-18-11-22(35)27(24-25(36)20(33)12-21(34)30(24)44)39-31(18)42(32(45)19(29)13-37)28-16(4)7-8-38-26(28)15(2)3/h6-8,11-12,15,17,44H,1,9-10,14H2,2-5H3. The number of piperazine rings is 1. The van der Waals surface area contributed by atoms with Crippen molar-refractivity contribution in [3.05, 3.63) is 85.9 Å². The number of phenols is 1. The first kappa shape index (κ1) is 31.9. The van der Waals surface area contributed by atoms with Crippen LogP contribution in [0.1, 0.15) is 43.5 Å². The number of carbonyl (C=O) groups excluding carboxylic acids is 1. The van der Waals surface area contributed by atoms with E-state index in [1.165, 1.54) is 10.6 Å². The van der Waals surface area contributed by atoms with E-state index in [0.717, 1.165) is 12.1 Å². The lowest BCUT2D eigenvalue weighted by atomic mass is 10.0. The lowest BCUT2D eigenvalue weighted by molar-refractivity contribution is -0.126. The van der Waals surface area contributed by atoms with Gasteiger partial charge in [0.1, 0.15) is 23.1 Å². The van der Waals surface area contributed by atoms with Crippen molar-refractivity contribution in [2.45, 2.75) is 39.7 Å². The summed E-state index contributed by atoms with van der Waals surface area (Å²) in [5.41, 5.74) is -0.904. The number of phenolic OH excluding ortho intramolecular Hbond substituents is 1. The third kappa shape index (κ3) is 5.28. The van der Waals surface area contributed by atoms with Crippen LogP contribution < -0.4 is 10.5 Å². The van der Waals surface area contributed by atoms with Crippen LogP contribution in [0.4, 0.5) is 14.5 Å². The number of halogens is 4. The van der Waals surface area contributed by atoms with Gasteiger partial charge in [-0.25, -0.2) is 13.8 Å². The highest BCUT2D eigenvalue weighted by atomic mass is 35.5. The van der Waals surface area contributed by atoms with Crippen molar-refractivity contribution in [2.75, 3.05) is 24.5 Å². The summed E-state index contributed by atoms with van der Waals surface area (Å²) in [7, 11) is 0. The van der Waals surface area contributed by atoms with Crippen LogP contribution in [0.25, 0.3) is 28.0 Å². The van der Waals surface area contributed by atoms with Gasteiger partial charge in [-0.3, -0.25) is 19.1 Å². The number of pyridine rings is 3. The molecule has 3 aromatic heterocycles. The van der Waals surface area contributed by atoms with E-state index in [1.807, 2.05) is 26.8 Å². The fourth-order valence-corrected chi connectivity index (χ4v) is 6.22. The van der Waals surface area contributed by atoms with E-state index >= 15 is 8.78 Å². The first-order valence-electron chi connectivity index (χ1n) is 14.0. The summed E-state index contributed by atoms with van der Waals surface area (Å²) in [6.45, 7) is 11.6. The molecule has 1 saturated heterocycles. The summed E-state index contributed by atoms with van der Waals surface area (Å²) >= 11 is 12.1. The van der Waals surface area contributed by atoms with Gasteiger partial charge in [-0.15, -0.1) is 0 Å². The topological polar surface area (TPSA) is 115 Å². The van der Waals surface area contributed by atoms with Crippen molar-refractivity contribution in [3.63, 3.8) is 0 Å². The number of hydrogen-bond acceptors (Lipinski definition) is 7. The highest BCUT2D eigenvalue weighted by molar-refractivity contribution is 6.36. The molecule has 13 heteroatoms. The first-order valence-corrected chi connectivity index (χ1v) is 14.8. The fraction of sp³-hybridized carbons (Fsp3) is 0.281. The molecule has 4 aromatic rings. The van der Waals surface area contributed by atoms with Gasteiger partial charge in [0.2, 0.25) is 5.91 Å². The summed E-state index contributed by atoms with van der Waals surface area (Å²) in [4.78, 5) is 39.1. The predicted molar refractivity (Wildman–Crippen MR) is 169 cm³/mol. The average Bonchev–Trinajstić information content (AvgIpc) is 3.00. The van der Waals surface area contributed by atoms with Crippen LogP contribution in [-0.2, 0) is 4.79 Å². The number of carbonyl (C=O) groups is 1. The highest BCUT2D eigenvalue weighted by Gasteiger charge is 2.33. The summed E-state index contributed by atoms with van der Waals surface area (Å²) in [5.74, 6) is -3.47. The number of aromatic hydroxyl groups is 1. The Labute approximate surface area is 267 Å². The number of fused-ring (bicyclic) bond motifs is 1. The number of aromatic nitrogens is 3. The Morgan fingerprint density at radius 1 is 1.22 bits per heavy atom. The smallest absolute Gasteiger partial charge is 0.276 e. The Balaban J connectivity index is 1.94. The Bertz CT molecular complexity index is 1980. The van der Waals surface area contributed by atoms with Crippen LogP contribution in [0, 0.1) is 29.9 Å². The van der Waals surface area contributed by atoms with Gasteiger partial charge in [-0.1, -0.05) is 43.6 Å².